The fourth-order valence-corrected chi connectivity index (χ4v) is 14.4. The lowest BCUT2D eigenvalue weighted by molar-refractivity contribution is -0.116. The molecule has 31 heteroatoms. The molecule has 4 aromatic heterocycles. The number of nitrogens with zero attached hydrogens (tertiary/aromatic N) is 9. The number of benzene rings is 6. The summed E-state index contributed by atoms with van der Waals surface area (Å²) in [5.74, 6) is 0.730. The van der Waals surface area contributed by atoms with Crippen molar-refractivity contribution < 1.29 is 71.0 Å². The number of nitriles is 1. The van der Waals surface area contributed by atoms with Crippen molar-refractivity contribution in [1.82, 2.24) is 43.9 Å². The first-order chi connectivity index (χ1) is 51.7. The van der Waals surface area contributed by atoms with E-state index in [-0.39, 0.29) is 112 Å². The van der Waals surface area contributed by atoms with Gasteiger partial charge in [0.2, 0.25) is 11.9 Å². The summed E-state index contributed by atoms with van der Waals surface area (Å²) in [4.78, 5) is 93.1. The molecule has 29 nitrogen and oxygen atoms in total. The van der Waals surface area contributed by atoms with Gasteiger partial charge in [-0.2, -0.15) is 22.0 Å². The summed E-state index contributed by atoms with van der Waals surface area (Å²) in [6.07, 6.45) is -0.579. The van der Waals surface area contributed by atoms with Gasteiger partial charge >= 0.3 is 20.8 Å². The number of aromatic amines is 1. The molecule has 6 aromatic carbocycles. The Morgan fingerprint density at radius 1 is 0.717 bits per heavy atom. The number of thioether (sulfide) groups is 1. The van der Waals surface area contributed by atoms with Crippen LogP contribution in [-0.2, 0) is 47.7 Å². The first-order valence-corrected chi connectivity index (χ1v) is 36.6. The lowest BCUT2D eigenvalue weighted by Crippen LogP contribution is -2.38. The second-order valence-electron chi connectivity index (χ2n) is 25.0. The Morgan fingerprint density at radius 2 is 1.36 bits per heavy atom. The fraction of sp³-hybridized carbons (Fsp3) is 0.320. The number of aliphatic hydroxyl groups is 1. The van der Waals surface area contributed by atoms with Gasteiger partial charge in [0.15, 0.2) is 28.1 Å². The monoisotopic (exact) mass is 1480 g/mol. The van der Waals surface area contributed by atoms with Crippen LogP contribution in [0.1, 0.15) is 88.7 Å². The van der Waals surface area contributed by atoms with E-state index in [0.29, 0.717) is 28.6 Å². The lowest BCUT2D eigenvalue weighted by Gasteiger charge is -2.37. The largest absolute Gasteiger partial charge is 0.497 e. The molecular weight excluding hydrogens is 1400 g/mol. The molecule has 2 aliphatic heterocycles. The van der Waals surface area contributed by atoms with Crippen molar-refractivity contribution in [2.75, 3.05) is 88.8 Å². The van der Waals surface area contributed by atoms with Gasteiger partial charge in [-0.05, 0) is 100 Å². The first kappa shape index (κ1) is 73.6. The van der Waals surface area contributed by atoms with E-state index in [1.807, 2.05) is 122 Å². The first-order valence-electron chi connectivity index (χ1n) is 34.1. The molecule has 0 bridgehead atoms. The van der Waals surface area contributed by atoms with Gasteiger partial charge in [0, 0.05) is 55.8 Å². The molecule has 7 atom stereocenters. The summed E-state index contributed by atoms with van der Waals surface area (Å²) in [5.41, 5.74) is 5.91. The third-order valence-corrected chi connectivity index (χ3v) is 20.1. The molecule has 10 aromatic rings. The quantitative estimate of drug-likeness (QED) is 0.0153. The van der Waals surface area contributed by atoms with E-state index < -0.39 is 80.6 Å². The fourth-order valence-electron chi connectivity index (χ4n) is 13.0. The third-order valence-electron chi connectivity index (χ3n) is 18.4. The molecule has 3 aliphatic rings. The molecule has 548 valence electrons. The summed E-state index contributed by atoms with van der Waals surface area (Å²) < 4.78 is 65.8. The number of imidazole rings is 2. The Morgan fingerprint density at radius 3 is 2.04 bits per heavy atom. The number of nitrogens with one attached hydrogen (secondary N) is 4. The average molecular weight is 1480 g/mol. The molecule has 0 spiro atoms. The van der Waals surface area contributed by atoms with Gasteiger partial charge in [-0.1, -0.05) is 103 Å². The van der Waals surface area contributed by atoms with E-state index in [2.05, 4.69) is 59.1 Å². The Balaban J connectivity index is 0.720. The number of fused-ring (bicyclic) bond motifs is 5. The van der Waals surface area contributed by atoms with Crippen molar-refractivity contribution in [3.05, 3.63) is 214 Å². The van der Waals surface area contributed by atoms with Crippen LogP contribution < -0.4 is 31.0 Å². The smallest absolute Gasteiger partial charge is 0.411 e. The van der Waals surface area contributed by atoms with Crippen LogP contribution in [0.25, 0.3) is 33.5 Å². The summed E-state index contributed by atoms with van der Waals surface area (Å²) in [6, 6.07) is 49.2. The van der Waals surface area contributed by atoms with Crippen LogP contribution in [-0.4, -0.2) is 170 Å². The van der Waals surface area contributed by atoms with Crippen molar-refractivity contribution in [1.29, 1.82) is 5.26 Å². The maximum atomic E-state index is 13.9. The second-order valence-corrected chi connectivity index (χ2v) is 27.1. The van der Waals surface area contributed by atoms with Crippen molar-refractivity contribution in [2.45, 2.75) is 80.5 Å². The van der Waals surface area contributed by atoms with Gasteiger partial charge in [0.25, 0.3) is 11.5 Å². The molecule has 0 radical (unpaired) electrons. The minimum Gasteiger partial charge on any atom is -0.497 e. The number of H-pyrrole nitrogens is 1. The summed E-state index contributed by atoms with van der Waals surface area (Å²) >= 11 is 1.55. The molecular formula is C75H76N13O16PS. The minimum absolute atomic E-state index is 0.0350. The number of amides is 4. The van der Waals surface area contributed by atoms with Crippen LogP contribution >= 0.6 is 20.4 Å². The Labute approximate surface area is 613 Å². The van der Waals surface area contributed by atoms with E-state index in [9.17, 15) is 34.3 Å². The molecule has 3 unspecified atom stereocenters. The molecule has 106 heavy (non-hydrogen) atoms. The van der Waals surface area contributed by atoms with Crippen molar-refractivity contribution in [3.63, 3.8) is 0 Å². The van der Waals surface area contributed by atoms with Crippen LogP contribution in [0, 0.1) is 11.3 Å². The number of aromatic nitrogens is 8. The highest BCUT2D eigenvalue weighted by Crippen LogP contribution is 2.50. The van der Waals surface area contributed by atoms with Crippen LogP contribution in [0.2, 0.25) is 0 Å². The van der Waals surface area contributed by atoms with E-state index in [0.717, 1.165) is 38.9 Å². The topological polar surface area (TPSA) is 351 Å². The zero-order valence-corrected chi connectivity index (χ0v) is 59.9. The predicted molar refractivity (Wildman–Crippen MR) is 392 cm³/mol. The van der Waals surface area contributed by atoms with E-state index in [1.165, 1.54) is 36.0 Å². The maximum absolute atomic E-state index is 13.9. The zero-order chi connectivity index (χ0) is 73.7. The number of methoxy groups -OCH3 is 2. The highest BCUT2D eigenvalue weighted by molar-refractivity contribution is 7.98. The molecule has 0 saturated carbocycles. The SMILES string of the molecule is COc1ccc(C(OC[C@H]2O[C@@H](n3cnc4c(=O)[nH]c(NC(=O)CCCN(C)C(=O)OCC5c6ccccc6-c6ccccc65)nc43)CC2OP(OCCC#N)OC[C@H]2O[C@@H](n3cnc4c(NC(=O)c5ccc(NC(=O)OCCSC)cc5)ncnc43)CC2O)(c2ccccc2)c2ccc(OC)cc2)cc1. The summed E-state index contributed by atoms with van der Waals surface area (Å²) in [7, 11) is 2.38. The highest BCUT2D eigenvalue weighted by Gasteiger charge is 2.46. The van der Waals surface area contributed by atoms with Gasteiger partial charge in [0.05, 0.1) is 71.4 Å². The van der Waals surface area contributed by atoms with E-state index in [4.69, 9.17) is 51.7 Å². The number of anilines is 3. The van der Waals surface area contributed by atoms with Gasteiger partial charge in [-0.25, -0.2) is 29.5 Å². The van der Waals surface area contributed by atoms with Crippen molar-refractivity contribution in [3.8, 4) is 28.7 Å². The van der Waals surface area contributed by atoms with Gasteiger partial charge in [-0.3, -0.25) is 39.1 Å². The third kappa shape index (κ3) is 16.5. The van der Waals surface area contributed by atoms with E-state index >= 15 is 0 Å². The molecule has 4 amide bonds. The normalized spacial score (nSPS) is 17.8. The van der Waals surface area contributed by atoms with Crippen LogP contribution in [0.4, 0.5) is 27.0 Å². The number of carbonyl (C=O) groups is 4. The Bertz CT molecular complexity index is 4740. The number of aliphatic hydroxyl groups excluding tert-OH is 1. The van der Waals surface area contributed by atoms with Crippen LogP contribution in [0.5, 0.6) is 11.5 Å². The standard InChI is InChI=1S/C75H76N13O16PS/c1-86(74(94)98-40-57-55-18-10-8-16-53(55)54-17-9-11-19-56(54)57)34-12-20-62(90)82-72-84-69-66(71(92)85-72)80-45-88(69)64-39-59(61(103-64)41-99-75(47-14-6-5-7-15-47,48-23-29-51(95-2)30-24-48)49-25-31-52(96-3)32-26-49)104-105(100-35-13-33-76)101-42-60-58(89)38-63(102-60)87-44-79-65-67(77-43-78-68(65)87)83-70(91)46-21-27-50(28-22-46)81-73(93)97-36-37-106-4/h5-11,14-19,21-32,43-45,57-61,63-64,89H,12-13,20,34-42H2,1-4H3,(H,81,93)(H,77,78,83,91)(H2,82,84,85,90,92)/t58?,59?,60-,61-,63-,64-,105?/m1/s1. The average Bonchev–Trinajstić information content (AvgIpc) is 1.33. The Kier molecular flexibility index (Phi) is 23.6. The van der Waals surface area contributed by atoms with Gasteiger partial charge < -0.3 is 62.1 Å². The van der Waals surface area contributed by atoms with Gasteiger partial charge in [-0.15, -0.1) is 0 Å². The zero-order valence-electron chi connectivity index (χ0n) is 58.1. The number of rotatable bonds is 31. The molecule has 2 saturated heterocycles. The molecule has 5 N–H and O–H groups in total. The maximum Gasteiger partial charge on any atom is 0.411 e. The van der Waals surface area contributed by atoms with Crippen molar-refractivity contribution in [2.24, 2.45) is 0 Å². The van der Waals surface area contributed by atoms with Crippen LogP contribution in [0.3, 0.4) is 0 Å². The number of hydrogen-bond acceptors (Lipinski definition) is 23. The molecule has 2 fully saturated rings. The summed E-state index contributed by atoms with van der Waals surface area (Å²) in [6.45, 7) is 0.0458. The van der Waals surface area contributed by atoms with Crippen molar-refractivity contribution >= 4 is 84.1 Å². The number of carbonyl (C=O) groups excluding carboxylic acids is 4. The summed E-state index contributed by atoms with van der Waals surface area (Å²) in [5, 5.41) is 29.5. The minimum atomic E-state index is -2.40. The lowest BCUT2D eigenvalue weighted by atomic mass is 9.80. The highest BCUT2D eigenvalue weighted by atomic mass is 32.2. The Hall–Kier alpha value is -10.7. The van der Waals surface area contributed by atoms with Crippen LogP contribution in [0.15, 0.2) is 175 Å². The predicted octanol–water partition coefficient (Wildman–Crippen LogP) is 11.2. The van der Waals surface area contributed by atoms with Gasteiger partial charge in [0.1, 0.15) is 61.3 Å². The molecule has 1 aliphatic carbocycles. The van der Waals surface area contributed by atoms with E-state index in [1.54, 1.807) is 54.3 Å². The number of hydrogen-bond donors (Lipinski definition) is 5. The molecule has 6 heterocycles. The number of ether oxygens (including phenoxy) is 7. The molecule has 13 rings (SSSR count). The second kappa shape index (κ2) is 34.0.